The smallest absolute Gasteiger partial charge is 0.182 e. The van der Waals surface area contributed by atoms with Crippen molar-refractivity contribution in [3.05, 3.63) is 60.2 Å². The van der Waals surface area contributed by atoms with Crippen LogP contribution in [0.3, 0.4) is 0 Å². The Balaban J connectivity index is 1.57. The van der Waals surface area contributed by atoms with Crippen LogP contribution in [0.2, 0.25) is 0 Å². The van der Waals surface area contributed by atoms with Crippen molar-refractivity contribution in [1.29, 1.82) is 5.26 Å². The summed E-state index contributed by atoms with van der Waals surface area (Å²) in [6, 6.07) is 12.4. The number of hydrogen-bond acceptors (Lipinski definition) is 6. The maximum atomic E-state index is 9.18. The van der Waals surface area contributed by atoms with Crippen molar-refractivity contribution in [2.24, 2.45) is 5.92 Å². The summed E-state index contributed by atoms with van der Waals surface area (Å²) >= 11 is 0. The van der Waals surface area contributed by atoms with Gasteiger partial charge in [-0.2, -0.15) is 5.26 Å². The molecular weight excluding hydrogens is 314 g/mol. The van der Waals surface area contributed by atoms with E-state index in [4.69, 9.17) is 4.74 Å². The standard InChI is InChI=1S/C19H17N5O/c20-10-17-19(23-8-7-22-17)24-18-12-25-11-14(18)9-13-5-6-21-16-4-2-1-3-15(13)16/h1-8,14,18H,9,11-12H2,(H,23,24)/t14-,18+/m1/s1. The Kier molecular flexibility index (Phi) is 4.23. The highest BCUT2D eigenvalue weighted by Crippen LogP contribution is 2.26. The summed E-state index contributed by atoms with van der Waals surface area (Å²) < 4.78 is 5.69. The van der Waals surface area contributed by atoms with E-state index in [0.29, 0.717) is 30.6 Å². The molecule has 1 aromatic carbocycles. The van der Waals surface area contributed by atoms with Gasteiger partial charge in [-0.3, -0.25) is 4.98 Å². The predicted molar refractivity (Wildman–Crippen MR) is 93.9 cm³/mol. The maximum Gasteiger partial charge on any atom is 0.182 e. The van der Waals surface area contributed by atoms with Crippen molar-refractivity contribution in [3.63, 3.8) is 0 Å². The second-order valence-corrected chi connectivity index (χ2v) is 6.11. The summed E-state index contributed by atoms with van der Waals surface area (Å²) in [4.78, 5) is 12.7. The molecule has 1 aliphatic heterocycles. The van der Waals surface area contributed by atoms with E-state index in [0.717, 1.165) is 11.9 Å². The molecule has 0 unspecified atom stereocenters. The number of hydrogen-bond donors (Lipinski definition) is 1. The molecule has 6 nitrogen and oxygen atoms in total. The number of rotatable bonds is 4. The number of nitrogens with zero attached hydrogens (tertiary/aromatic N) is 4. The number of pyridine rings is 1. The van der Waals surface area contributed by atoms with E-state index in [-0.39, 0.29) is 6.04 Å². The summed E-state index contributed by atoms with van der Waals surface area (Å²) in [5.74, 6) is 0.810. The number of aromatic nitrogens is 3. The quantitative estimate of drug-likeness (QED) is 0.791. The number of fused-ring (bicyclic) bond motifs is 1. The van der Waals surface area contributed by atoms with Crippen LogP contribution in [0.15, 0.2) is 48.9 Å². The molecular formula is C19H17N5O. The zero-order chi connectivity index (χ0) is 17.1. The highest BCUT2D eigenvalue weighted by Gasteiger charge is 2.29. The molecule has 3 aromatic rings. The molecule has 0 radical (unpaired) electrons. The monoisotopic (exact) mass is 331 g/mol. The summed E-state index contributed by atoms with van der Waals surface area (Å²) in [5, 5.41) is 13.7. The zero-order valence-corrected chi connectivity index (χ0v) is 13.6. The van der Waals surface area contributed by atoms with Crippen LogP contribution in [0.25, 0.3) is 10.9 Å². The van der Waals surface area contributed by atoms with Gasteiger partial charge in [-0.1, -0.05) is 18.2 Å². The second-order valence-electron chi connectivity index (χ2n) is 6.11. The van der Waals surface area contributed by atoms with Crippen molar-refractivity contribution in [2.75, 3.05) is 18.5 Å². The molecule has 0 aliphatic carbocycles. The lowest BCUT2D eigenvalue weighted by Crippen LogP contribution is -2.30. The molecule has 0 amide bonds. The van der Waals surface area contributed by atoms with Crippen molar-refractivity contribution >= 4 is 16.7 Å². The molecule has 2 aromatic heterocycles. The molecule has 1 N–H and O–H groups in total. The van der Waals surface area contributed by atoms with Gasteiger partial charge in [0.1, 0.15) is 6.07 Å². The number of anilines is 1. The fourth-order valence-corrected chi connectivity index (χ4v) is 3.28. The number of ether oxygens (including phenoxy) is 1. The van der Waals surface area contributed by atoms with E-state index >= 15 is 0 Å². The Bertz CT molecular complexity index is 931. The number of para-hydroxylation sites is 1. The zero-order valence-electron chi connectivity index (χ0n) is 13.6. The third-order valence-corrected chi connectivity index (χ3v) is 4.55. The topological polar surface area (TPSA) is 83.7 Å². The van der Waals surface area contributed by atoms with Crippen molar-refractivity contribution in [1.82, 2.24) is 15.0 Å². The molecule has 1 fully saturated rings. The van der Waals surface area contributed by atoms with Crippen molar-refractivity contribution in [2.45, 2.75) is 12.5 Å². The van der Waals surface area contributed by atoms with E-state index in [1.54, 1.807) is 6.20 Å². The largest absolute Gasteiger partial charge is 0.379 e. The lowest BCUT2D eigenvalue weighted by atomic mass is 9.93. The van der Waals surface area contributed by atoms with E-state index in [2.05, 4.69) is 38.5 Å². The summed E-state index contributed by atoms with van der Waals surface area (Å²) in [6.07, 6.45) is 5.84. The van der Waals surface area contributed by atoms with E-state index in [1.807, 2.05) is 24.4 Å². The van der Waals surface area contributed by atoms with Crippen LogP contribution in [0.4, 0.5) is 5.82 Å². The number of nitriles is 1. The van der Waals surface area contributed by atoms with Crippen LogP contribution >= 0.6 is 0 Å². The lowest BCUT2D eigenvalue weighted by Gasteiger charge is -2.20. The molecule has 4 rings (SSSR count). The molecule has 6 heteroatoms. The fourth-order valence-electron chi connectivity index (χ4n) is 3.28. The molecule has 1 saturated heterocycles. The van der Waals surface area contributed by atoms with Gasteiger partial charge in [-0.25, -0.2) is 9.97 Å². The normalized spacial score (nSPS) is 19.6. The van der Waals surface area contributed by atoms with Crippen LogP contribution in [-0.2, 0) is 11.2 Å². The first-order valence-electron chi connectivity index (χ1n) is 8.23. The second kappa shape index (κ2) is 6.83. The van der Waals surface area contributed by atoms with Gasteiger partial charge >= 0.3 is 0 Å². The van der Waals surface area contributed by atoms with E-state index in [9.17, 15) is 5.26 Å². The van der Waals surface area contributed by atoms with Gasteiger partial charge in [0.2, 0.25) is 0 Å². The van der Waals surface area contributed by atoms with Crippen LogP contribution in [0, 0.1) is 17.2 Å². The van der Waals surface area contributed by atoms with Crippen LogP contribution in [-0.4, -0.2) is 34.2 Å². The molecule has 124 valence electrons. The van der Waals surface area contributed by atoms with Crippen molar-refractivity contribution in [3.8, 4) is 6.07 Å². The Hall–Kier alpha value is -3.04. The highest BCUT2D eigenvalue weighted by molar-refractivity contribution is 5.81. The fraction of sp³-hybridized carbons (Fsp3) is 0.263. The van der Waals surface area contributed by atoms with Crippen LogP contribution in [0.5, 0.6) is 0 Å². The van der Waals surface area contributed by atoms with Gasteiger partial charge in [0.15, 0.2) is 11.5 Å². The van der Waals surface area contributed by atoms with Gasteiger partial charge in [0, 0.05) is 29.9 Å². The summed E-state index contributed by atoms with van der Waals surface area (Å²) in [7, 11) is 0. The van der Waals surface area contributed by atoms with Gasteiger partial charge < -0.3 is 10.1 Å². The molecule has 25 heavy (non-hydrogen) atoms. The third kappa shape index (κ3) is 3.14. The Morgan fingerprint density at radius 2 is 1.96 bits per heavy atom. The minimum Gasteiger partial charge on any atom is -0.379 e. The summed E-state index contributed by atoms with van der Waals surface area (Å²) in [6.45, 7) is 1.27. The molecule has 1 aliphatic rings. The molecule has 0 spiro atoms. The number of nitrogens with one attached hydrogen (secondary N) is 1. The summed E-state index contributed by atoms with van der Waals surface area (Å²) in [5.41, 5.74) is 2.57. The first kappa shape index (κ1) is 15.5. The average molecular weight is 331 g/mol. The predicted octanol–water partition coefficient (Wildman–Crippen LogP) is 2.57. The maximum absolute atomic E-state index is 9.18. The Labute approximate surface area is 145 Å². The van der Waals surface area contributed by atoms with Gasteiger partial charge in [-0.05, 0) is 24.1 Å². The van der Waals surface area contributed by atoms with Gasteiger partial charge in [0.05, 0.1) is 24.8 Å². The first-order chi connectivity index (χ1) is 12.3. The first-order valence-corrected chi connectivity index (χ1v) is 8.23. The van der Waals surface area contributed by atoms with Crippen LogP contribution < -0.4 is 5.32 Å². The lowest BCUT2D eigenvalue weighted by molar-refractivity contribution is 0.185. The number of benzene rings is 1. The Morgan fingerprint density at radius 1 is 1.08 bits per heavy atom. The molecule has 0 saturated carbocycles. The average Bonchev–Trinajstić information content (AvgIpc) is 3.09. The van der Waals surface area contributed by atoms with E-state index < -0.39 is 0 Å². The molecule has 3 heterocycles. The Morgan fingerprint density at radius 3 is 2.88 bits per heavy atom. The van der Waals surface area contributed by atoms with E-state index in [1.165, 1.54) is 17.1 Å². The van der Waals surface area contributed by atoms with Gasteiger partial charge in [-0.15, -0.1) is 0 Å². The third-order valence-electron chi connectivity index (χ3n) is 4.55. The molecule has 0 bridgehead atoms. The van der Waals surface area contributed by atoms with Crippen LogP contribution in [0.1, 0.15) is 11.3 Å². The van der Waals surface area contributed by atoms with Crippen molar-refractivity contribution < 1.29 is 4.74 Å². The SMILES string of the molecule is N#Cc1nccnc1N[C@H]1COC[C@H]1Cc1ccnc2ccccc12. The van der Waals surface area contributed by atoms with Gasteiger partial charge in [0.25, 0.3) is 0 Å². The minimum absolute atomic E-state index is 0.0933. The minimum atomic E-state index is 0.0933. The highest BCUT2D eigenvalue weighted by atomic mass is 16.5. The molecule has 2 atom stereocenters.